The van der Waals surface area contributed by atoms with Gasteiger partial charge in [-0.15, -0.1) is 0 Å². The molecular formula is C16H24FN3O. The Labute approximate surface area is 125 Å². The first-order valence-electron chi connectivity index (χ1n) is 7.84. The third kappa shape index (κ3) is 3.93. The predicted octanol–water partition coefficient (Wildman–Crippen LogP) is 3.30. The minimum atomic E-state index is -0.468. The Balaban J connectivity index is 2.12. The van der Waals surface area contributed by atoms with Gasteiger partial charge >= 0.3 is 0 Å². The van der Waals surface area contributed by atoms with Crippen LogP contribution in [0.25, 0.3) is 0 Å². The minimum Gasteiger partial charge on any atom is -0.369 e. The van der Waals surface area contributed by atoms with Crippen LogP contribution in [0, 0.1) is 11.7 Å². The lowest BCUT2D eigenvalue weighted by Gasteiger charge is -2.18. The lowest BCUT2D eigenvalue weighted by molar-refractivity contribution is 0.0786. The first-order valence-corrected chi connectivity index (χ1v) is 7.84. The normalized spacial score (nSPS) is 18.0. The first kappa shape index (κ1) is 15.7. The molecule has 0 radical (unpaired) electrons. The van der Waals surface area contributed by atoms with Gasteiger partial charge in [0.2, 0.25) is 0 Å². The monoisotopic (exact) mass is 293 g/mol. The number of hydrogen-bond donors (Lipinski definition) is 1. The van der Waals surface area contributed by atoms with Crippen LogP contribution >= 0.6 is 0 Å². The third-order valence-electron chi connectivity index (χ3n) is 3.90. The molecule has 1 aliphatic heterocycles. The van der Waals surface area contributed by atoms with Gasteiger partial charge in [0.05, 0.1) is 11.8 Å². The summed E-state index contributed by atoms with van der Waals surface area (Å²) in [6.07, 6.45) is 5.40. The quantitative estimate of drug-likeness (QED) is 0.875. The van der Waals surface area contributed by atoms with Crippen molar-refractivity contribution in [2.24, 2.45) is 5.92 Å². The summed E-state index contributed by atoms with van der Waals surface area (Å²) in [5, 5.41) is 3.11. The Morgan fingerprint density at radius 2 is 2.29 bits per heavy atom. The molecule has 1 atom stereocenters. The van der Waals surface area contributed by atoms with E-state index in [9.17, 15) is 9.18 Å². The second-order valence-electron chi connectivity index (χ2n) is 5.67. The summed E-state index contributed by atoms with van der Waals surface area (Å²) in [6, 6.07) is 1.29. The van der Waals surface area contributed by atoms with Gasteiger partial charge in [0, 0.05) is 19.6 Å². The third-order valence-corrected chi connectivity index (χ3v) is 3.90. The van der Waals surface area contributed by atoms with Gasteiger partial charge in [0.15, 0.2) is 0 Å². The van der Waals surface area contributed by atoms with E-state index >= 15 is 0 Å². The maximum absolute atomic E-state index is 13.5. The number of nitrogens with zero attached hydrogens (tertiary/aromatic N) is 2. The molecule has 0 bridgehead atoms. The molecule has 0 aromatic carbocycles. The van der Waals surface area contributed by atoms with E-state index in [1.807, 2.05) is 11.8 Å². The van der Waals surface area contributed by atoms with E-state index in [1.54, 1.807) is 0 Å². The summed E-state index contributed by atoms with van der Waals surface area (Å²) in [4.78, 5) is 18.5. The number of likely N-dealkylation sites (tertiary alicyclic amines) is 1. The van der Waals surface area contributed by atoms with Gasteiger partial charge in [0.25, 0.3) is 5.91 Å². The van der Waals surface area contributed by atoms with Gasteiger partial charge in [0.1, 0.15) is 11.6 Å². The highest BCUT2D eigenvalue weighted by Crippen LogP contribution is 2.24. The Bertz CT molecular complexity index is 492. The fourth-order valence-electron chi connectivity index (χ4n) is 2.82. The van der Waals surface area contributed by atoms with Crippen LogP contribution in [0.5, 0.6) is 0 Å². The highest BCUT2D eigenvalue weighted by molar-refractivity contribution is 5.98. The lowest BCUT2D eigenvalue weighted by Crippen LogP contribution is -2.29. The molecule has 1 aromatic rings. The molecule has 1 N–H and O–H groups in total. The van der Waals surface area contributed by atoms with Crippen molar-refractivity contribution in [2.45, 2.75) is 39.5 Å². The average Bonchev–Trinajstić information content (AvgIpc) is 2.94. The second kappa shape index (κ2) is 7.38. The fraction of sp³-hybridized carbons (Fsp3) is 0.625. The van der Waals surface area contributed by atoms with Crippen molar-refractivity contribution in [3.05, 3.63) is 23.6 Å². The number of carbonyl (C=O) groups is 1. The van der Waals surface area contributed by atoms with E-state index in [-0.39, 0.29) is 5.91 Å². The van der Waals surface area contributed by atoms with E-state index in [4.69, 9.17) is 0 Å². The molecule has 2 rings (SSSR count). The number of pyridine rings is 1. The topological polar surface area (TPSA) is 45.2 Å². The molecule has 0 spiro atoms. The molecule has 1 aromatic heterocycles. The Morgan fingerprint density at radius 1 is 1.48 bits per heavy atom. The van der Waals surface area contributed by atoms with Gasteiger partial charge in [-0.25, -0.2) is 9.37 Å². The Morgan fingerprint density at radius 3 is 3.00 bits per heavy atom. The fourth-order valence-corrected chi connectivity index (χ4v) is 2.82. The average molecular weight is 293 g/mol. The smallest absolute Gasteiger partial charge is 0.257 e. The van der Waals surface area contributed by atoms with E-state index in [1.165, 1.54) is 6.07 Å². The van der Waals surface area contributed by atoms with Crippen LogP contribution in [0.2, 0.25) is 0 Å². The van der Waals surface area contributed by atoms with Crippen LogP contribution in [0.3, 0.4) is 0 Å². The van der Waals surface area contributed by atoms with Crippen molar-refractivity contribution in [1.82, 2.24) is 9.88 Å². The number of rotatable bonds is 6. The first-order chi connectivity index (χ1) is 10.2. The number of aromatic nitrogens is 1. The molecular weight excluding hydrogens is 269 g/mol. The van der Waals surface area contributed by atoms with Crippen LogP contribution in [0.1, 0.15) is 49.9 Å². The highest BCUT2D eigenvalue weighted by Gasteiger charge is 2.28. The van der Waals surface area contributed by atoms with E-state index in [0.717, 1.165) is 51.5 Å². The molecule has 5 heteroatoms. The van der Waals surface area contributed by atoms with Gasteiger partial charge < -0.3 is 10.2 Å². The van der Waals surface area contributed by atoms with Crippen molar-refractivity contribution >= 4 is 11.7 Å². The zero-order valence-electron chi connectivity index (χ0n) is 12.9. The summed E-state index contributed by atoms with van der Waals surface area (Å²) in [5.41, 5.74) is 0.348. The van der Waals surface area contributed by atoms with Crippen LogP contribution in [0.4, 0.5) is 10.2 Å². The van der Waals surface area contributed by atoms with Crippen LogP contribution in [-0.4, -0.2) is 35.4 Å². The molecule has 4 nitrogen and oxygen atoms in total. The highest BCUT2D eigenvalue weighted by atomic mass is 19.1. The molecule has 1 saturated heterocycles. The number of hydrogen-bond acceptors (Lipinski definition) is 3. The van der Waals surface area contributed by atoms with Crippen molar-refractivity contribution < 1.29 is 9.18 Å². The van der Waals surface area contributed by atoms with Crippen molar-refractivity contribution in [1.29, 1.82) is 0 Å². The zero-order chi connectivity index (χ0) is 15.2. The van der Waals surface area contributed by atoms with Crippen molar-refractivity contribution in [3.8, 4) is 0 Å². The van der Waals surface area contributed by atoms with Gasteiger partial charge in [-0.1, -0.05) is 20.3 Å². The zero-order valence-corrected chi connectivity index (χ0v) is 12.9. The maximum Gasteiger partial charge on any atom is 0.257 e. The summed E-state index contributed by atoms with van der Waals surface area (Å²) in [5.74, 6) is 0.485. The molecule has 0 aliphatic carbocycles. The van der Waals surface area contributed by atoms with E-state index < -0.39 is 5.82 Å². The molecule has 0 saturated carbocycles. The summed E-state index contributed by atoms with van der Waals surface area (Å²) < 4.78 is 13.5. The SMILES string of the molecule is CCCNc1ncc(F)cc1C(=O)N1CCC(CCC)C1. The molecule has 1 unspecified atom stereocenters. The number of carbonyl (C=O) groups excluding carboxylic acids is 1. The maximum atomic E-state index is 13.5. The van der Waals surface area contributed by atoms with E-state index in [0.29, 0.717) is 17.3 Å². The minimum absolute atomic E-state index is 0.112. The molecule has 1 aliphatic rings. The van der Waals surface area contributed by atoms with Crippen LogP contribution < -0.4 is 5.32 Å². The summed E-state index contributed by atoms with van der Waals surface area (Å²) >= 11 is 0. The van der Waals surface area contributed by atoms with Crippen molar-refractivity contribution in [3.63, 3.8) is 0 Å². The van der Waals surface area contributed by atoms with Crippen LogP contribution in [0.15, 0.2) is 12.3 Å². The van der Waals surface area contributed by atoms with Gasteiger partial charge in [-0.05, 0) is 31.2 Å². The van der Waals surface area contributed by atoms with Gasteiger partial charge in [-0.2, -0.15) is 0 Å². The van der Waals surface area contributed by atoms with Gasteiger partial charge in [-0.3, -0.25) is 4.79 Å². The van der Waals surface area contributed by atoms with Crippen LogP contribution in [-0.2, 0) is 0 Å². The summed E-state index contributed by atoms with van der Waals surface area (Å²) in [7, 11) is 0. The Hall–Kier alpha value is -1.65. The van der Waals surface area contributed by atoms with Crippen molar-refractivity contribution in [2.75, 3.05) is 25.0 Å². The molecule has 2 heterocycles. The Kier molecular flexibility index (Phi) is 5.53. The molecule has 1 fully saturated rings. The van der Waals surface area contributed by atoms with E-state index in [2.05, 4.69) is 17.2 Å². The number of nitrogens with one attached hydrogen (secondary N) is 1. The predicted molar refractivity (Wildman–Crippen MR) is 81.9 cm³/mol. The molecule has 116 valence electrons. The second-order valence-corrected chi connectivity index (χ2v) is 5.67. The number of anilines is 1. The largest absolute Gasteiger partial charge is 0.369 e. The molecule has 21 heavy (non-hydrogen) atoms. The number of amides is 1. The molecule has 1 amide bonds. The summed E-state index contributed by atoms with van der Waals surface area (Å²) in [6.45, 7) is 6.45. The lowest BCUT2D eigenvalue weighted by atomic mass is 10.0. The standard InChI is InChI=1S/C16H24FN3O/c1-3-5-12-6-8-20(11-12)16(21)14-9-13(17)10-19-15(14)18-7-4-2/h9-10,12H,3-8,11H2,1-2H3,(H,18,19). The number of halogens is 1.